The second kappa shape index (κ2) is 8.39. The van der Waals surface area contributed by atoms with Gasteiger partial charge in [-0.1, -0.05) is 36.4 Å². The first-order valence-electron chi connectivity index (χ1n) is 10.6. The number of alkyl halides is 3. The fraction of sp³-hybridized carbons (Fsp3) is 0.250. The average Bonchev–Trinajstić information content (AvgIpc) is 3.33. The van der Waals surface area contributed by atoms with Crippen molar-refractivity contribution < 1.29 is 28.1 Å². The van der Waals surface area contributed by atoms with Crippen LogP contribution in [0.4, 0.5) is 24.7 Å². The molecule has 176 valence electrons. The molecule has 1 aliphatic rings. The lowest BCUT2D eigenvalue weighted by atomic mass is 10.1. The fourth-order valence-electron chi connectivity index (χ4n) is 4.18. The van der Waals surface area contributed by atoms with Gasteiger partial charge in [-0.25, -0.2) is 9.97 Å². The van der Waals surface area contributed by atoms with Crippen LogP contribution in [0, 0.1) is 0 Å². The van der Waals surface area contributed by atoms with Crippen molar-refractivity contribution in [3.8, 4) is 11.1 Å². The number of aliphatic hydroxyl groups excluding tert-OH is 2. The number of aromatic nitrogens is 3. The van der Waals surface area contributed by atoms with Gasteiger partial charge in [-0.15, -0.1) is 0 Å². The van der Waals surface area contributed by atoms with E-state index in [1.807, 2.05) is 30.3 Å². The molecule has 4 aromatic rings. The largest absolute Gasteiger partial charge is 0.416 e. The monoisotopic (exact) mass is 470 g/mol. The second-order valence-corrected chi connectivity index (χ2v) is 8.15. The van der Waals surface area contributed by atoms with E-state index in [2.05, 4.69) is 15.3 Å². The molecule has 0 bridgehead atoms. The molecule has 0 radical (unpaired) electrons. The van der Waals surface area contributed by atoms with Gasteiger partial charge in [-0.05, 0) is 30.7 Å². The predicted molar refractivity (Wildman–Crippen MR) is 119 cm³/mol. The molecule has 5 rings (SSSR count). The smallest absolute Gasteiger partial charge is 0.388 e. The highest BCUT2D eigenvalue weighted by molar-refractivity contribution is 6.02. The summed E-state index contributed by atoms with van der Waals surface area (Å²) in [6, 6.07) is 14.2. The summed E-state index contributed by atoms with van der Waals surface area (Å²) in [6.07, 6.45) is -5.22. The first-order valence-corrected chi connectivity index (χ1v) is 10.6. The highest BCUT2D eigenvalue weighted by atomic mass is 19.4. The molecule has 1 aliphatic heterocycles. The Morgan fingerprint density at radius 3 is 2.44 bits per heavy atom. The molecule has 3 heterocycles. The van der Waals surface area contributed by atoms with Crippen molar-refractivity contribution in [3.63, 3.8) is 0 Å². The van der Waals surface area contributed by atoms with Crippen LogP contribution in [0.2, 0.25) is 0 Å². The van der Waals surface area contributed by atoms with E-state index in [4.69, 9.17) is 4.74 Å². The van der Waals surface area contributed by atoms with Crippen molar-refractivity contribution in [3.05, 3.63) is 72.7 Å². The Morgan fingerprint density at radius 2 is 1.76 bits per heavy atom. The molecule has 4 atom stereocenters. The summed E-state index contributed by atoms with van der Waals surface area (Å²) in [5, 5.41) is 24.3. The van der Waals surface area contributed by atoms with Gasteiger partial charge < -0.3 is 24.8 Å². The lowest BCUT2D eigenvalue weighted by Crippen LogP contribution is -2.30. The highest BCUT2D eigenvalue weighted by Crippen LogP contribution is 2.40. The van der Waals surface area contributed by atoms with Crippen LogP contribution in [-0.4, -0.2) is 43.1 Å². The van der Waals surface area contributed by atoms with Crippen LogP contribution in [0.3, 0.4) is 0 Å². The molecule has 3 N–H and O–H groups in total. The summed E-state index contributed by atoms with van der Waals surface area (Å²) >= 11 is 0. The summed E-state index contributed by atoms with van der Waals surface area (Å²) in [7, 11) is 0. The standard InChI is InChI=1S/C24H21F3N4O3/c1-13-19(32)20(33)23(34-13)31-11-17(14-6-3-2-4-7-14)18-21(28-12-29-22(18)31)30-16-9-5-8-15(10-16)24(25,26)27/h2-13,19-20,23,32-33H,1H3,(H,28,29,30)/t13-,19-,20-,23-/m1/s1. The van der Waals surface area contributed by atoms with Gasteiger partial charge in [-0.3, -0.25) is 0 Å². The lowest BCUT2D eigenvalue weighted by Gasteiger charge is -2.17. The van der Waals surface area contributed by atoms with Crippen molar-refractivity contribution in [2.45, 2.75) is 37.6 Å². The molecule has 2 aromatic heterocycles. The zero-order valence-corrected chi connectivity index (χ0v) is 17.9. The molecular weight excluding hydrogens is 449 g/mol. The van der Waals surface area contributed by atoms with Gasteiger partial charge >= 0.3 is 6.18 Å². The molecule has 1 fully saturated rings. The van der Waals surface area contributed by atoms with Gasteiger partial charge in [0.25, 0.3) is 0 Å². The number of hydrogen-bond acceptors (Lipinski definition) is 6. The molecule has 0 unspecified atom stereocenters. The molecule has 10 heteroatoms. The second-order valence-electron chi connectivity index (χ2n) is 8.15. The van der Waals surface area contributed by atoms with E-state index in [-0.39, 0.29) is 5.69 Å². The third-order valence-electron chi connectivity index (χ3n) is 5.90. The molecule has 7 nitrogen and oxygen atoms in total. The third-order valence-corrected chi connectivity index (χ3v) is 5.90. The zero-order chi connectivity index (χ0) is 24.0. The number of halogens is 3. The van der Waals surface area contributed by atoms with Crippen molar-refractivity contribution in [1.82, 2.24) is 14.5 Å². The number of rotatable bonds is 4. The maximum atomic E-state index is 13.2. The third kappa shape index (κ3) is 3.89. The van der Waals surface area contributed by atoms with Crippen molar-refractivity contribution in [2.24, 2.45) is 0 Å². The predicted octanol–water partition coefficient (Wildman–Crippen LogP) is 4.50. The summed E-state index contributed by atoms with van der Waals surface area (Å²) in [5.41, 5.74) is 1.33. The number of nitrogens with one attached hydrogen (secondary N) is 1. The van der Waals surface area contributed by atoms with Gasteiger partial charge in [0.1, 0.15) is 30.0 Å². The zero-order valence-electron chi connectivity index (χ0n) is 17.9. The molecular formula is C24H21F3N4O3. The van der Waals surface area contributed by atoms with E-state index in [1.165, 1.54) is 18.5 Å². The van der Waals surface area contributed by atoms with Crippen LogP contribution < -0.4 is 5.32 Å². The molecule has 2 aromatic carbocycles. The quantitative estimate of drug-likeness (QED) is 0.407. The van der Waals surface area contributed by atoms with Gasteiger partial charge in [0, 0.05) is 17.4 Å². The van der Waals surface area contributed by atoms with Crippen LogP contribution in [0.15, 0.2) is 67.1 Å². The summed E-state index contributed by atoms with van der Waals surface area (Å²) in [6.45, 7) is 1.66. The van der Waals surface area contributed by atoms with Crippen molar-refractivity contribution in [1.29, 1.82) is 0 Å². The Kier molecular flexibility index (Phi) is 5.51. The first kappa shape index (κ1) is 22.3. The minimum Gasteiger partial charge on any atom is -0.388 e. The van der Waals surface area contributed by atoms with E-state index < -0.39 is 36.3 Å². The Balaban J connectivity index is 1.66. The van der Waals surface area contributed by atoms with Gasteiger partial charge in [0.2, 0.25) is 0 Å². The Morgan fingerprint density at radius 1 is 1.00 bits per heavy atom. The van der Waals surface area contributed by atoms with Gasteiger partial charge in [0.15, 0.2) is 6.23 Å². The molecule has 1 saturated heterocycles. The van der Waals surface area contributed by atoms with E-state index in [1.54, 1.807) is 17.7 Å². The van der Waals surface area contributed by atoms with E-state index >= 15 is 0 Å². The molecule has 0 saturated carbocycles. The van der Waals surface area contributed by atoms with Crippen molar-refractivity contribution >= 4 is 22.5 Å². The number of benzene rings is 2. The Bertz CT molecular complexity index is 1330. The van der Waals surface area contributed by atoms with Crippen LogP contribution in [0.5, 0.6) is 0 Å². The van der Waals surface area contributed by atoms with Crippen LogP contribution >= 0.6 is 0 Å². The van der Waals surface area contributed by atoms with Crippen molar-refractivity contribution in [2.75, 3.05) is 5.32 Å². The first-order chi connectivity index (χ1) is 16.2. The Hall–Kier alpha value is -3.47. The van der Waals surface area contributed by atoms with E-state index in [9.17, 15) is 23.4 Å². The normalized spacial score (nSPS) is 22.9. The highest BCUT2D eigenvalue weighted by Gasteiger charge is 2.42. The summed E-state index contributed by atoms with van der Waals surface area (Å²) in [4.78, 5) is 8.67. The maximum Gasteiger partial charge on any atom is 0.416 e. The number of hydrogen-bond donors (Lipinski definition) is 3. The maximum absolute atomic E-state index is 13.2. The van der Waals surface area contributed by atoms with Gasteiger partial charge in [-0.2, -0.15) is 13.2 Å². The Labute approximate surface area is 192 Å². The van der Waals surface area contributed by atoms with Crippen LogP contribution in [0.1, 0.15) is 18.7 Å². The lowest BCUT2D eigenvalue weighted by molar-refractivity contribution is -0.137. The van der Waals surface area contributed by atoms with Gasteiger partial charge in [0.05, 0.1) is 17.1 Å². The number of nitrogens with zero attached hydrogens (tertiary/aromatic N) is 3. The molecule has 0 aliphatic carbocycles. The van der Waals surface area contributed by atoms with Crippen LogP contribution in [-0.2, 0) is 10.9 Å². The molecule has 0 amide bonds. The average molecular weight is 470 g/mol. The number of aliphatic hydroxyl groups is 2. The minimum absolute atomic E-state index is 0.211. The van der Waals surface area contributed by atoms with Crippen LogP contribution in [0.25, 0.3) is 22.2 Å². The fourth-order valence-corrected chi connectivity index (χ4v) is 4.18. The number of ether oxygens (including phenoxy) is 1. The van der Waals surface area contributed by atoms with E-state index in [0.29, 0.717) is 22.4 Å². The summed E-state index contributed by atoms with van der Waals surface area (Å²) in [5.74, 6) is 0.294. The topological polar surface area (TPSA) is 92.4 Å². The number of anilines is 2. The minimum atomic E-state index is -4.48. The number of fused-ring (bicyclic) bond motifs is 1. The van der Waals surface area contributed by atoms with E-state index in [0.717, 1.165) is 17.7 Å². The SMILES string of the molecule is C[C@H]1O[C@@H](n2cc(-c3ccccc3)c3c(Nc4cccc(C(F)(F)F)c4)ncnc32)[C@H](O)[C@@H]1O. The summed E-state index contributed by atoms with van der Waals surface area (Å²) < 4.78 is 47.0. The molecule has 34 heavy (non-hydrogen) atoms. The molecule has 0 spiro atoms.